The molecule has 0 fully saturated rings. The summed E-state index contributed by atoms with van der Waals surface area (Å²) >= 11 is 2.21. The number of aliphatic hydroxyl groups is 1. The molecule has 0 spiro atoms. The lowest BCUT2D eigenvalue weighted by Crippen LogP contribution is -1.85. The molecule has 12 heavy (non-hydrogen) atoms. The van der Waals surface area contributed by atoms with Crippen molar-refractivity contribution in [2.75, 3.05) is 0 Å². The molecule has 1 heterocycles. The van der Waals surface area contributed by atoms with Crippen LogP contribution >= 0.6 is 22.6 Å². The van der Waals surface area contributed by atoms with Crippen LogP contribution < -0.4 is 0 Å². The van der Waals surface area contributed by atoms with Gasteiger partial charge in [-0.1, -0.05) is 0 Å². The number of fused-ring (bicyclic) bond motifs is 1. The smallest absolute Gasteiger partial charge is 0.102 e. The van der Waals surface area contributed by atoms with Crippen LogP contribution in [0.15, 0.2) is 18.5 Å². The highest BCUT2D eigenvalue weighted by Crippen LogP contribution is 2.19. The number of rotatable bonds is 1. The van der Waals surface area contributed by atoms with Gasteiger partial charge in [-0.2, -0.15) is 0 Å². The van der Waals surface area contributed by atoms with E-state index in [4.69, 9.17) is 5.11 Å². The Morgan fingerprint density at radius 1 is 1.50 bits per heavy atom. The van der Waals surface area contributed by atoms with E-state index in [0.717, 1.165) is 20.2 Å². The van der Waals surface area contributed by atoms with Crippen molar-refractivity contribution in [2.45, 2.75) is 6.61 Å². The molecule has 4 heteroatoms. The Balaban J connectivity index is 2.75. The quantitative estimate of drug-likeness (QED) is 0.777. The molecule has 3 nitrogen and oxygen atoms in total. The maximum absolute atomic E-state index is 8.92. The Hall–Kier alpha value is -0.620. The molecule has 1 aromatic heterocycles. The monoisotopic (exact) mass is 274 g/mol. The van der Waals surface area contributed by atoms with Crippen LogP contribution in [0, 0.1) is 3.57 Å². The average Bonchev–Trinajstić information content (AvgIpc) is 2.52. The topological polar surface area (TPSA) is 48.9 Å². The largest absolute Gasteiger partial charge is 0.392 e. The fourth-order valence-electron chi connectivity index (χ4n) is 1.15. The summed E-state index contributed by atoms with van der Waals surface area (Å²) in [5.41, 5.74) is 2.86. The summed E-state index contributed by atoms with van der Waals surface area (Å²) in [5, 5.41) is 8.92. The van der Waals surface area contributed by atoms with Gasteiger partial charge < -0.3 is 10.1 Å². The van der Waals surface area contributed by atoms with Crippen LogP contribution in [-0.2, 0) is 6.61 Å². The molecule has 0 bridgehead atoms. The van der Waals surface area contributed by atoms with Gasteiger partial charge >= 0.3 is 0 Å². The number of nitrogens with zero attached hydrogens (tertiary/aromatic N) is 1. The van der Waals surface area contributed by atoms with Gasteiger partial charge in [-0.05, 0) is 40.3 Å². The number of hydrogen-bond donors (Lipinski definition) is 2. The SMILES string of the molecule is OCc1cc(I)c2nc[nH]c2c1. The van der Waals surface area contributed by atoms with Gasteiger partial charge in [0.05, 0.1) is 18.5 Å². The zero-order valence-corrected chi connectivity index (χ0v) is 8.37. The molecule has 0 atom stereocenters. The van der Waals surface area contributed by atoms with E-state index in [9.17, 15) is 0 Å². The molecule has 0 radical (unpaired) electrons. The summed E-state index contributed by atoms with van der Waals surface area (Å²) in [6, 6.07) is 3.84. The third-order valence-electron chi connectivity index (χ3n) is 1.72. The van der Waals surface area contributed by atoms with E-state index < -0.39 is 0 Å². The Labute approximate surface area is 83.0 Å². The minimum atomic E-state index is 0.0744. The van der Waals surface area contributed by atoms with E-state index >= 15 is 0 Å². The van der Waals surface area contributed by atoms with Crippen molar-refractivity contribution in [3.05, 3.63) is 27.6 Å². The number of imidazole rings is 1. The number of aromatic nitrogens is 2. The fourth-order valence-corrected chi connectivity index (χ4v) is 1.98. The van der Waals surface area contributed by atoms with Crippen LogP contribution in [0.2, 0.25) is 0 Å². The van der Waals surface area contributed by atoms with Gasteiger partial charge in [0.15, 0.2) is 0 Å². The second kappa shape index (κ2) is 3.02. The molecule has 0 aliphatic heterocycles. The highest BCUT2D eigenvalue weighted by Gasteiger charge is 2.02. The van der Waals surface area contributed by atoms with Crippen LogP contribution in [0.4, 0.5) is 0 Å². The standard InChI is InChI=1S/C8H7IN2O/c9-6-1-5(3-12)2-7-8(6)11-4-10-7/h1-2,4,12H,3H2,(H,10,11). The van der Waals surface area contributed by atoms with Crippen molar-refractivity contribution in [1.29, 1.82) is 0 Å². The van der Waals surface area contributed by atoms with E-state index in [1.807, 2.05) is 12.1 Å². The molecular weight excluding hydrogens is 267 g/mol. The third kappa shape index (κ3) is 1.21. The number of H-pyrrole nitrogens is 1. The molecule has 2 rings (SSSR count). The second-order valence-corrected chi connectivity index (χ2v) is 3.70. The number of benzene rings is 1. The van der Waals surface area contributed by atoms with Crippen molar-refractivity contribution in [1.82, 2.24) is 9.97 Å². The molecule has 0 aliphatic carbocycles. The summed E-state index contributed by atoms with van der Waals surface area (Å²) in [6.45, 7) is 0.0744. The zero-order chi connectivity index (χ0) is 8.55. The van der Waals surface area contributed by atoms with E-state index in [1.54, 1.807) is 6.33 Å². The van der Waals surface area contributed by atoms with Crippen molar-refractivity contribution in [3.8, 4) is 0 Å². The zero-order valence-electron chi connectivity index (χ0n) is 6.21. The van der Waals surface area contributed by atoms with Crippen molar-refractivity contribution >= 4 is 33.6 Å². The summed E-state index contributed by atoms with van der Waals surface area (Å²) in [6.07, 6.45) is 1.66. The Morgan fingerprint density at radius 3 is 3.08 bits per heavy atom. The Kier molecular flexibility index (Phi) is 2.02. The van der Waals surface area contributed by atoms with E-state index in [0.29, 0.717) is 0 Å². The lowest BCUT2D eigenvalue weighted by atomic mass is 10.2. The molecule has 0 aliphatic rings. The maximum Gasteiger partial charge on any atom is 0.102 e. The summed E-state index contributed by atoms with van der Waals surface area (Å²) in [5.74, 6) is 0. The second-order valence-electron chi connectivity index (χ2n) is 2.53. The molecule has 2 aromatic rings. The number of nitrogens with one attached hydrogen (secondary N) is 1. The first-order valence-corrected chi connectivity index (χ1v) is 4.61. The minimum absolute atomic E-state index is 0.0744. The Bertz CT molecular complexity index is 410. The molecule has 62 valence electrons. The van der Waals surface area contributed by atoms with E-state index in [-0.39, 0.29) is 6.61 Å². The fraction of sp³-hybridized carbons (Fsp3) is 0.125. The van der Waals surface area contributed by atoms with Crippen LogP contribution in [0.3, 0.4) is 0 Å². The first kappa shape index (κ1) is 8.00. The highest BCUT2D eigenvalue weighted by molar-refractivity contribution is 14.1. The summed E-state index contributed by atoms with van der Waals surface area (Å²) in [4.78, 5) is 7.16. The van der Waals surface area contributed by atoms with E-state index in [1.165, 1.54) is 0 Å². The predicted octanol–water partition coefficient (Wildman–Crippen LogP) is 1.66. The molecule has 0 saturated carbocycles. The van der Waals surface area contributed by atoms with Crippen LogP contribution in [0.1, 0.15) is 5.56 Å². The molecule has 0 saturated heterocycles. The first-order chi connectivity index (χ1) is 5.81. The normalized spacial score (nSPS) is 10.8. The van der Waals surface area contributed by atoms with Crippen LogP contribution in [0.5, 0.6) is 0 Å². The first-order valence-electron chi connectivity index (χ1n) is 3.53. The van der Waals surface area contributed by atoms with Gasteiger partial charge in [0.1, 0.15) is 5.52 Å². The number of hydrogen-bond acceptors (Lipinski definition) is 2. The van der Waals surface area contributed by atoms with Gasteiger partial charge in [0.25, 0.3) is 0 Å². The van der Waals surface area contributed by atoms with Gasteiger partial charge in [-0.3, -0.25) is 0 Å². The minimum Gasteiger partial charge on any atom is -0.392 e. The molecule has 1 aromatic carbocycles. The molecule has 0 unspecified atom stereocenters. The number of aromatic amines is 1. The predicted molar refractivity (Wildman–Crippen MR) is 54.7 cm³/mol. The average molecular weight is 274 g/mol. The van der Waals surface area contributed by atoms with Crippen molar-refractivity contribution in [3.63, 3.8) is 0 Å². The molecule has 0 amide bonds. The van der Waals surface area contributed by atoms with Gasteiger partial charge in [0.2, 0.25) is 0 Å². The van der Waals surface area contributed by atoms with Crippen LogP contribution in [0.25, 0.3) is 11.0 Å². The van der Waals surface area contributed by atoms with Gasteiger partial charge in [-0.25, -0.2) is 4.98 Å². The number of halogens is 1. The summed E-state index contributed by atoms with van der Waals surface area (Å²) in [7, 11) is 0. The van der Waals surface area contributed by atoms with Crippen LogP contribution in [-0.4, -0.2) is 15.1 Å². The van der Waals surface area contributed by atoms with Crippen molar-refractivity contribution < 1.29 is 5.11 Å². The lowest BCUT2D eigenvalue weighted by molar-refractivity contribution is 0.282. The maximum atomic E-state index is 8.92. The molecule has 2 N–H and O–H groups in total. The number of aliphatic hydroxyl groups excluding tert-OH is 1. The van der Waals surface area contributed by atoms with E-state index in [2.05, 4.69) is 32.6 Å². The van der Waals surface area contributed by atoms with Gasteiger partial charge in [0, 0.05) is 3.57 Å². The van der Waals surface area contributed by atoms with Crippen molar-refractivity contribution in [2.24, 2.45) is 0 Å². The highest BCUT2D eigenvalue weighted by atomic mass is 127. The summed E-state index contributed by atoms with van der Waals surface area (Å²) < 4.78 is 1.07. The Morgan fingerprint density at radius 2 is 2.33 bits per heavy atom. The molecular formula is C8H7IN2O. The lowest BCUT2D eigenvalue weighted by Gasteiger charge is -1.97. The third-order valence-corrected chi connectivity index (χ3v) is 2.54. The van der Waals surface area contributed by atoms with Gasteiger partial charge in [-0.15, -0.1) is 0 Å².